The number of amides is 1. The lowest BCUT2D eigenvalue weighted by Gasteiger charge is -2.26. The van der Waals surface area contributed by atoms with Crippen LogP contribution in [-0.2, 0) is 6.61 Å². The number of ether oxygens (including phenoxy) is 1. The first-order valence-electron chi connectivity index (χ1n) is 9.96. The highest BCUT2D eigenvalue weighted by molar-refractivity contribution is 5.95. The van der Waals surface area contributed by atoms with Gasteiger partial charge in [-0.25, -0.2) is 13.8 Å². The Labute approximate surface area is 172 Å². The van der Waals surface area contributed by atoms with Crippen LogP contribution < -0.4 is 10.1 Å². The maximum Gasteiger partial charge on any atom is 0.270 e. The highest BCUT2D eigenvalue weighted by Gasteiger charge is 2.24. The third-order valence-corrected chi connectivity index (χ3v) is 5.47. The zero-order valence-electron chi connectivity index (χ0n) is 16.6. The van der Waals surface area contributed by atoms with Crippen LogP contribution in [-0.4, -0.2) is 32.5 Å². The highest BCUT2D eigenvalue weighted by atomic mass is 19.1. The van der Waals surface area contributed by atoms with Crippen LogP contribution in [0.1, 0.15) is 47.4 Å². The number of aryl methyl sites for hydroxylation is 1. The fourth-order valence-electron chi connectivity index (χ4n) is 3.84. The molecule has 30 heavy (non-hydrogen) atoms. The fraction of sp³-hybridized carbons (Fsp3) is 0.364. The predicted octanol–water partition coefficient (Wildman–Crippen LogP) is 3.53. The second kappa shape index (κ2) is 8.39. The van der Waals surface area contributed by atoms with E-state index < -0.39 is 11.6 Å². The van der Waals surface area contributed by atoms with Gasteiger partial charge in [0.05, 0.1) is 17.4 Å². The average Bonchev–Trinajstić information content (AvgIpc) is 3.06. The Bertz CT molecular complexity index is 1050. The maximum absolute atomic E-state index is 13.9. The van der Waals surface area contributed by atoms with E-state index in [1.54, 1.807) is 29.7 Å². The van der Waals surface area contributed by atoms with Crippen LogP contribution in [0.4, 0.5) is 8.78 Å². The van der Waals surface area contributed by atoms with Crippen LogP contribution in [0.3, 0.4) is 0 Å². The lowest BCUT2D eigenvalue weighted by Crippen LogP contribution is -2.39. The van der Waals surface area contributed by atoms with Crippen molar-refractivity contribution in [2.75, 3.05) is 0 Å². The molecule has 0 unspecified atom stereocenters. The number of rotatable bonds is 5. The van der Waals surface area contributed by atoms with E-state index in [4.69, 9.17) is 4.74 Å². The van der Waals surface area contributed by atoms with Crippen molar-refractivity contribution < 1.29 is 23.4 Å². The van der Waals surface area contributed by atoms with Crippen LogP contribution in [0.15, 0.2) is 36.5 Å². The molecule has 1 aromatic carbocycles. The summed E-state index contributed by atoms with van der Waals surface area (Å²) in [6, 6.07) is 6.99. The van der Waals surface area contributed by atoms with Gasteiger partial charge in [-0.2, -0.15) is 0 Å². The first kappa shape index (κ1) is 20.3. The van der Waals surface area contributed by atoms with E-state index >= 15 is 0 Å². The summed E-state index contributed by atoms with van der Waals surface area (Å²) in [6.07, 6.45) is 4.19. The van der Waals surface area contributed by atoms with Crippen LogP contribution in [0, 0.1) is 18.6 Å². The summed E-state index contributed by atoms with van der Waals surface area (Å²) in [4.78, 5) is 17.3. The standard InChI is InChI=1S/C22H23F2N3O3/c1-13-20(22(29)26-14-7-9-15(28)10-8-14)27-11-3-6-19(21(27)25-13)30-12-16-17(23)4-2-5-18(16)24/h2-6,11,14-15,28H,7-10,12H2,1H3,(H,26,29). The van der Waals surface area contributed by atoms with Crippen molar-refractivity contribution >= 4 is 11.6 Å². The molecule has 158 valence electrons. The van der Waals surface area contributed by atoms with Crippen LogP contribution in [0.5, 0.6) is 5.75 Å². The van der Waals surface area contributed by atoms with Gasteiger partial charge >= 0.3 is 0 Å². The number of aliphatic hydroxyl groups excluding tert-OH is 1. The molecule has 0 bridgehead atoms. The number of halogens is 2. The predicted molar refractivity (Wildman–Crippen MR) is 106 cm³/mol. The Balaban J connectivity index is 1.56. The monoisotopic (exact) mass is 415 g/mol. The van der Waals surface area contributed by atoms with Crippen molar-refractivity contribution in [1.29, 1.82) is 0 Å². The molecule has 1 fully saturated rings. The molecule has 1 aliphatic carbocycles. The molecule has 2 heterocycles. The van der Waals surface area contributed by atoms with E-state index in [-0.39, 0.29) is 30.2 Å². The molecule has 1 saturated carbocycles. The Morgan fingerprint density at radius 3 is 2.60 bits per heavy atom. The van der Waals surface area contributed by atoms with Crippen molar-refractivity contribution in [1.82, 2.24) is 14.7 Å². The lowest BCUT2D eigenvalue weighted by atomic mass is 9.93. The minimum atomic E-state index is -0.681. The van der Waals surface area contributed by atoms with Gasteiger partial charge in [-0.3, -0.25) is 9.20 Å². The van der Waals surface area contributed by atoms with E-state index in [1.807, 2.05) is 0 Å². The molecule has 2 aromatic heterocycles. The molecule has 8 heteroatoms. The van der Waals surface area contributed by atoms with Crippen LogP contribution >= 0.6 is 0 Å². The number of hydrogen-bond donors (Lipinski definition) is 2. The molecule has 1 amide bonds. The molecule has 0 atom stereocenters. The molecule has 2 N–H and O–H groups in total. The van der Waals surface area contributed by atoms with Gasteiger partial charge in [-0.1, -0.05) is 6.07 Å². The molecular weight excluding hydrogens is 392 g/mol. The topological polar surface area (TPSA) is 75.9 Å². The number of aliphatic hydroxyl groups is 1. The van der Waals surface area contributed by atoms with E-state index in [0.717, 1.165) is 12.8 Å². The molecular formula is C22H23F2N3O3. The summed E-state index contributed by atoms with van der Waals surface area (Å²) >= 11 is 0. The van der Waals surface area contributed by atoms with Gasteiger partial charge in [0.1, 0.15) is 23.9 Å². The van der Waals surface area contributed by atoms with Gasteiger partial charge in [0.2, 0.25) is 0 Å². The number of carbonyl (C=O) groups is 1. The molecule has 0 aliphatic heterocycles. The summed E-state index contributed by atoms with van der Waals surface area (Å²) < 4.78 is 35.0. The number of nitrogens with zero attached hydrogens (tertiary/aromatic N) is 2. The SMILES string of the molecule is Cc1nc2c(OCc3c(F)cccc3F)cccn2c1C(=O)NC1CCC(O)CC1. The number of aromatic nitrogens is 2. The molecule has 0 radical (unpaired) electrons. The zero-order chi connectivity index (χ0) is 21.3. The summed E-state index contributed by atoms with van der Waals surface area (Å²) in [5, 5.41) is 12.7. The number of benzene rings is 1. The lowest BCUT2D eigenvalue weighted by molar-refractivity contribution is 0.0862. The molecule has 1 aliphatic rings. The maximum atomic E-state index is 13.9. The minimum absolute atomic E-state index is 0.00862. The van der Waals surface area contributed by atoms with Crippen molar-refractivity contribution in [3.8, 4) is 5.75 Å². The average molecular weight is 415 g/mol. The van der Waals surface area contributed by atoms with E-state index in [2.05, 4.69) is 10.3 Å². The normalized spacial score (nSPS) is 19.1. The Morgan fingerprint density at radius 1 is 1.20 bits per heavy atom. The third-order valence-electron chi connectivity index (χ3n) is 5.47. The molecule has 6 nitrogen and oxygen atoms in total. The summed E-state index contributed by atoms with van der Waals surface area (Å²) in [7, 11) is 0. The summed E-state index contributed by atoms with van der Waals surface area (Å²) in [5.74, 6) is -1.29. The third kappa shape index (κ3) is 4.00. The van der Waals surface area contributed by atoms with Crippen molar-refractivity contribution in [3.05, 3.63) is 65.1 Å². The van der Waals surface area contributed by atoms with Gasteiger partial charge in [0, 0.05) is 12.2 Å². The van der Waals surface area contributed by atoms with Gasteiger partial charge in [-0.05, 0) is 56.9 Å². The largest absolute Gasteiger partial charge is 0.485 e. The van der Waals surface area contributed by atoms with Gasteiger partial charge in [0.15, 0.2) is 11.4 Å². The second-order valence-electron chi connectivity index (χ2n) is 7.58. The van der Waals surface area contributed by atoms with Gasteiger partial charge in [-0.15, -0.1) is 0 Å². The Hall–Kier alpha value is -3.00. The van der Waals surface area contributed by atoms with E-state index in [9.17, 15) is 18.7 Å². The second-order valence-corrected chi connectivity index (χ2v) is 7.58. The first-order chi connectivity index (χ1) is 14.4. The van der Waals surface area contributed by atoms with Crippen LogP contribution in [0.2, 0.25) is 0 Å². The Morgan fingerprint density at radius 2 is 1.90 bits per heavy atom. The van der Waals surface area contributed by atoms with Crippen LogP contribution in [0.25, 0.3) is 5.65 Å². The number of imidazole rings is 1. The number of nitrogens with one attached hydrogen (secondary N) is 1. The van der Waals surface area contributed by atoms with E-state index in [1.165, 1.54) is 18.2 Å². The summed E-state index contributed by atoms with van der Waals surface area (Å²) in [5.41, 5.74) is 1.14. The van der Waals surface area contributed by atoms with Gasteiger partial charge in [0.25, 0.3) is 5.91 Å². The zero-order valence-corrected chi connectivity index (χ0v) is 16.6. The van der Waals surface area contributed by atoms with E-state index in [0.29, 0.717) is 35.6 Å². The molecule has 4 rings (SSSR count). The van der Waals surface area contributed by atoms with Crippen molar-refractivity contribution in [2.45, 2.75) is 51.4 Å². The highest BCUT2D eigenvalue weighted by Crippen LogP contribution is 2.25. The van der Waals surface area contributed by atoms with Gasteiger partial charge < -0.3 is 15.2 Å². The number of carbonyl (C=O) groups excluding carboxylic acids is 1. The Kier molecular flexibility index (Phi) is 5.67. The van der Waals surface area contributed by atoms with Crippen molar-refractivity contribution in [2.24, 2.45) is 0 Å². The number of pyridine rings is 1. The number of fused-ring (bicyclic) bond motifs is 1. The first-order valence-corrected chi connectivity index (χ1v) is 9.96. The van der Waals surface area contributed by atoms with Crippen molar-refractivity contribution in [3.63, 3.8) is 0 Å². The minimum Gasteiger partial charge on any atom is -0.485 e. The summed E-state index contributed by atoms with van der Waals surface area (Å²) in [6.45, 7) is 1.43. The smallest absolute Gasteiger partial charge is 0.270 e. The molecule has 0 saturated heterocycles. The molecule has 0 spiro atoms. The quantitative estimate of drug-likeness (QED) is 0.669. The molecule has 3 aromatic rings. The fourth-order valence-corrected chi connectivity index (χ4v) is 3.84. The number of hydrogen-bond acceptors (Lipinski definition) is 4.